The minimum absolute atomic E-state index is 0.649. The Balaban J connectivity index is 2.01. The molecule has 3 atom stereocenters. The van der Waals surface area contributed by atoms with Crippen LogP contribution in [0, 0.1) is 18.8 Å². The number of likely N-dealkylation sites (N-methyl/N-ethyl adjacent to an activating group) is 1. The van der Waals surface area contributed by atoms with Gasteiger partial charge in [0, 0.05) is 6.04 Å². The zero-order valence-electron chi connectivity index (χ0n) is 12.8. The van der Waals surface area contributed by atoms with E-state index in [0.717, 1.165) is 11.8 Å². The first-order valence-electron chi connectivity index (χ1n) is 7.96. The first kappa shape index (κ1) is 14.6. The maximum atomic E-state index is 3.59. The van der Waals surface area contributed by atoms with E-state index < -0.39 is 0 Å². The second-order valence-electron chi connectivity index (χ2n) is 6.23. The topological polar surface area (TPSA) is 12.0 Å². The van der Waals surface area contributed by atoms with Crippen LogP contribution in [0.25, 0.3) is 0 Å². The van der Waals surface area contributed by atoms with Gasteiger partial charge in [-0.1, -0.05) is 50.5 Å². The lowest BCUT2D eigenvalue weighted by atomic mass is 9.75. The highest BCUT2D eigenvalue weighted by molar-refractivity contribution is 5.26. The molecule has 2 rings (SSSR count). The van der Waals surface area contributed by atoms with Crippen LogP contribution in [0.5, 0.6) is 0 Å². The molecule has 1 nitrogen and oxygen atoms in total. The molecule has 1 saturated carbocycles. The predicted molar refractivity (Wildman–Crippen MR) is 83.5 cm³/mol. The molecule has 0 radical (unpaired) electrons. The van der Waals surface area contributed by atoms with Gasteiger partial charge in [-0.2, -0.15) is 0 Å². The molecule has 0 aromatic heterocycles. The van der Waals surface area contributed by atoms with Crippen molar-refractivity contribution in [3.05, 3.63) is 35.4 Å². The highest BCUT2D eigenvalue weighted by Crippen LogP contribution is 2.33. The Morgan fingerprint density at radius 1 is 1.26 bits per heavy atom. The highest BCUT2D eigenvalue weighted by Gasteiger charge is 2.27. The van der Waals surface area contributed by atoms with Gasteiger partial charge in [-0.25, -0.2) is 0 Å². The SMILES string of the molecule is CCC1CCCC(C(Cc2ccccc2C)NC)C1. The van der Waals surface area contributed by atoms with Crippen molar-refractivity contribution in [3.63, 3.8) is 0 Å². The summed E-state index contributed by atoms with van der Waals surface area (Å²) in [6.45, 7) is 4.58. The molecule has 0 aliphatic heterocycles. The lowest BCUT2D eigenvalue weighted by Gasteiger charge is -2.34. The second kappa shape index (κ2) is 7.09. The maximum Gasteiger partial charge on any atom is 0.0133 e. The number of benzene rings is 1. The van der Waals surface area contributed by atoms with Gasteiger partial charge in [-0.3, -0.25) is 0 Å². The van der Waals surface area contributed by atoms with Crippen molar-refractivity contribution in [3.8, 4) is 0 Å². The third-order valence-electron chi connectivity index (χ3n) is 5.04. The molecule has 19 heavy (non-hydrogen) atoms. The van der Waals surface area contributed by atoms with Crippen LogP contribution in [-0.4, -0.2) is 13.1 Å². The van der Waals surface area contributed by atoms with E-state index >= 15 is 0 Å². The number of rotatable bonds is 5. The van der Waals surface area contributed by atoms with Crippen molar-refractivity contribution < 1.29 is 0 Å². The largest absolute Gasteiger partial charge is 0.316 e. The van der Waals surface area contributed by atoms with Crippen molar-refractivity contribution in [2.24, 2.45) is 11.8 Å². The molecule has 0 saturated heterocycles. The average Bonchev–Trinajstić information content (AvgIpc) is 2.46. The van der Waals surface area contributed by atoms with Gasteiger partial charge < -0.3 is 5.32 Å². The monoisotopic (exact) mass is 259 g/mol. The zero-order chi connectivity index (χ0) is 13.7. The minimum Gasteiger partial charge on any atom is -0.316 e. The third-order valence-corrected chi connectivity index (χ3v) is 5.04. The van der Waals surface area contributed by atoms with Crippen LogP contribution in [0.2, 0.25) is 0 Å². The predicted octanol–water partition coefficient (Wildman–Crippen LogP) is 4.34. The lowest BCUT2D eigenvalue weighted by Crippen LogP contribution is -2.38. The van der Waals surface area contributed by atoms with Crippen LogP contribution in [0.1, 0.15) is 50.2 Å². The normalized spacial score (nSPS) is 25.2. The zero-order valence-corrected chi connectivity index (χ0v) is 12.8. The molecule has 1 fully saturated rings. The molecule has 0 spiro atoms. The lowest BCUT2D eigenvalue weighted by molar-refractivity contribution is 0.212. The van der Waals surface area contributed by atoms with Gasteiger partial charge >= 0.3 is 0 Å². The highest BCUT2D eigenvalue weighted by atomic mass is 14.9. The molecule has 1 aliphatic rings. The summed E-state index contributed by atoms with van der Waals surface area (Å²) in [6, 6.07) is 9.49. The number of hydrogen-bond donors (Lipinski definition) is 1. The Morgan fingerprint density at radius 2 is 2.05 bits per heavy atom. The molecule has 106 valence electrons. The fraction of sp³-hybridized carbons (Fsp3) is 0.667. The molecule has 0 bridgehead atoms. The summed E-state index contributed by atoms with van der Waals surface area (Å²) in [7, 11) is 2.14. The Labute approximate surface area is 118 Å². The summed E-state index contributed by atoms with van der Waals surface area (Å²) >= 11 is 0. The molecule has 3 unspecified atom stereocenters. The van der Waals surface area contributed by atoms with E-state index in [9.17, 15) is 0 Å². The Bertz CT molecular complexity index is 385. The van der Waals surface area contributed by atoms with Crippen molar-refractivity contribution in [2.45, 2.75) is 58.4 Å². The van der Waals surface area contributed by atoms with E-state index in [2.05, 4.69) is 50.5 Å². The molecule has 1 aromatic carbocycles. The van der Waals surface area contributed by atoms with E-state index in [0.29, 0.717) is 6.04 Å². The molecule has 1 N–H and O–H groups in total. The maximum absolute atomic E-state index is 3.59. The summed E-state index contributed by atoms with van der Waals surface area (Å²) in [5.41, 5.74) is 2.95. The Hall–Kier alpha value is -0.820. The molecule has 0 heterocycles. The third kappa shape index (κ3) is 3.82. The fourth-order valence-electron chi connectivity index (χ4n) is 3.65. The van der Waals surface area contributed by atoms with E-state index in [1.165, 1.54) is 49.7 Å². The Morgan fingerprint density at radius 3 is 2.74 bits per heavy atom. The number of aryl methyl sites for hydroxylation is 1. The van der Waals surface area contributed by atoms with Crippen molar-refractivity contribution in [1.82, 2.24) is 5.32 Å². The van der Waals surface area contributed by atoms with E-state index in [1.54, 1.807) is 0 Å². The van der Waals surface area contributed by atoms with E-state index in [-0.39, 0.29) is 0 Å². The first-order valence-corrected chi connectivity index (χ1v) is 7.96. The van der Waals surface area contributed by atoms with Crippen molar-refractivity contribution in [2.75, 3.05) is 7.05 Å². The first-order chi connectivity index (χ1) is 9.24. The molecule has 0 amide bonds. The average molecular weight is 259 g/mol. The minimum atomic E-state index is 0.649. The van der Waals surface area contributed by atoms with Crippen LogP contribution in [0.15, 0.2) is 24.3 Å². The number of nitrogens with one attached hydrogen (secondary N) is 1. The van der Waals surface area contributed by atoms with Crippen LogP contribution >= 0.6 is 0 Å². The number of hydrogen-bond acceptors (Lipinski definition) is 1. The molecule has 1 aliphatic carbocycles. The van der Waals surface area contributed by atoms with Gasteiger partial charge in [0.2, 0.25) is 0 Å². The van der Waals surface area contributed by atoms with Gasteiger partial charge in [-0.15, -0.1) is 0 Å². The molecule has 1 heteroatoms. The summed E-state index contributed by atoms with van der Waals surface area (Å²) in [5, 5.41) is 3.59. The van der Waals surface area contributed by atoms with Crippen LogP contribution in [0.3, 0.4) is 0 Å². The van der Waals surface area contributed by atoms with Gasteiger partial charge in [-0.05, 0) is 56.2 Å². The Kier molecular flexibility index (Phi) is 5.45. The second-order valence-corrected chi connectivity index (χ2v) is 6.23. The molecular weight excluding hydrogens is 230 g/mol. The summed E-state index contributed by atoms with van der Waals surface area (Å²) in [6.07, 6.45) is 8.26. The van der Waals surface area contributed by atoms with Gasteiger partial charge in [0.1, 0.15) is 0 Å². The molecule has 1 aromatic rings. The van der Waals surface area contributed by atoms with Crippen LogP contribution < -0.4 is 5.32 Å². The standard InChI is InChI=1S/C18H29N/c1-4-15-9-7-11-17(12-15)18(19-3)13-16-10-6-5-8-14(16)2/h5-6,8,10,15,17-19H,4,7,9,11-13H2,1-3H3. The summed E-state index contributed by atoms with van der Waals surface area (Å²) < 4.78 is 0. The molecular formula is C18H29N. The van der Waals surface area contributed by atoms with Gasteiger partial charge in [0.25, 0.3) is 0 Å². The smallest absolute Gasteiger partial charge is 0.0133 e. The quantitative estimate of drug-likeness (QED) is 0.829. The van der Waals surface area contributed by atoms with E-state index in [4.69, 9.17) is 0 Å². The van der Waals surface area contributed by atoms with Crippen molar-refractivity contribution >= 4 is 0 Å². The van der Waals surface area contributed by atoms with Gasteiger partial charge in [0.15, 0.2) is 0 Å². The summed E-state index contributed by atoms with van der Waals surface area (Å²) in [5.74, 6) is 1.83. The van der Waals surface area contributed by atoms with Crippen molar-refractivity contribution in [1.29, 1.82) is 0 Å². The van der Waals surface area contributed by atoms with Crippen LogP contribution in [0.4, 0.5) is 0 Å². The summed E-state index contributed by atoms with van der Waals surface area (Å²) in [4.78, 5) is 0. The van der Waals surface area contributed by atoms with Crippen LogP contribution in [-0.2, 0) is 6.42 Å². The van der Waals surface area contributed by atoms with E-state index in [1.807, 2.05) is 0 Å². The van der Waals surface area contributed by atoms with Gasteiger partial charge in [0.05, 0.1) is 0 Å². The fourth-order valence-corrected chi connectivity index (χ4v) is 3.65.